The van der Waals surface area contributed by atoms with E-state index in [4.69, 9.17) is 4.74 Å². The van der Waals surface area contributed by atoms with Crippen molar-refractivity contribution in [2.75, 3.05) is 16.9 Å². The highest BCUT2D eigenvalue weighted by Crippen LogP contribution is 2.21. The van der Waals surface area contributed by atoms with Gasteiger partial charge in [0.05, 0.1) is 10.6 Å². The van der Waals surface area contributed by atoms with Crippen molar-refractivity contribution in [3.8, 4) is 0 Å². The predicted octanol–water partition coefficient (Wildman–Crippen LogP) is 5.99. The van der Waals surface area contributed by atoms with Crippen molar-refractivity contribution in [1.29, 1.82) is 0 Å². The summed E-state index contributed by atoms with van der Waals surface area (Å²) in [5.41, 5.74) is 1.88. The molecule has 1 rings (SSSR count). The Bertz CT molecular complexity index is 793. The van der Waals surface area contributed by atoms with Crippen LogP contribution in [0.4, 0.5) is 16.2 Å². The molecule has 1 aromatic rings. The molecule has 1 amide bonds. The molecule has 1 aromatic carbocycles. The van der Waals surface area contributed by atoms with Crippen molar-refractivity contribution in [2.24, 2.45) is 4.99 Å². The highest BCUT2D eigenvalue weighted by Gasteiger charge is 2.16. The Morgan fingerprint density at radius 1 is 1.24 bits per heavy atom. The summed E-state index contributed by atoms with van der Waals surface area (Å²) < 4.78 is 5.28. The number of hydrogen-bond donors (Lipinski definition) is 2. The lowest BCUT2D eigenvalue weighted by molar-refractivity contribution is -0.104. The zero-order valence-corrected chi connectivity index (χ0v) is 18.9. The summed E-state index contributed by atoms with van der Waals surface area (Å²) in [6, 6.07) is 7.22. The summed E-state index contributed by atoms with van der Waals surface area (Å²) in [5, 5.41) is 6.84. The molecular weight excluding hydrogens is 386 g/mol. The number of nitrogens with zero attached hydrogens (tertiary/aromatic N) is 1. The molecule has 0 aliphatic heterocycles. The second-order valence-corrected chi connectivity index (χ2v) is 8.29. The Morgan fingerprint density at radius 3 is 2.45 bits per heavy atom. The molecule has 0 aromatic heterocycles. The van der Waals surface area contributed by atoms with Gasteiger partial charge in [-0.15, -0.1) is 11.8 Å². The third kappa shape index (κ3) is 9.99. The highest BCUT2D eigenvalue weighted by molar-refractivity contribution is 8.13. The summed E-state index contributed by atoms with van der Waals surface area (Å²) in [6.45, 7) is 9.38. The van der Waals surface area contributed by atoms with Crippen molar-refractivity contribution >= 4 is 40.6 Å². The van der Waals surface area contributed by atoms with E-state index in [0.717, 1.165) is 29.9 Å². The minimum absolute atomic E-state index is 0.456. The van der Waals surface area contributed by atoms with Gasteiger partial charge in [-0.25, -0.2) is 4.79 Å². The number of benzene rings is 1. The summed E-state index contributed by atoms with van der Waals surface area (Å²) in [6.07, 6.45) is 7.50. The van der Waals surface area contributed by atoms with E-state index < -0.39 is 11.7 Å². The molecule has 0 saturated carbocycles. The number of aliphatic imine (C=N–C) groups is 1. The molecule has 0 unspecified atom stereocenters. The minimum atomic E-state index is -0.574. The highest BCUT2D eigenvalue weighted by atomic mass is 32.2. The average molecular weight is 418 g/mol. The monoisotopic (exact) mass is 417 g/mol. The maximum atomic E-state index is 12.0. The molecule has 7 heteroatoms. The predicted molar refractivity (Wildman–Crippen MR) is 124 cm³/mol. The van der Waals surface area contributed by atoms with Crippen LogP contribution >= 0.6 is 11.8 Å². The number of allylic oxidation sites excluding steroid dienone is 2. The van der Waals surface area contributed by atoms with Crippen molar-refractivity contribution in [3.63, 3.8) is 0 Å². The number of ether oxygens (including phenoxy) is 1. The Labute approximate surface area is 177 Å². The molecule has 0 heterocycles. The van der Waals surface area contributed by atoms with Gasteiger partial charge in [0.15, 0.2) is 6.29 Å². The maximum absolute atomic E-state index is 12.0. The zero-order chi connectivity index (χ0) is 21.9. The van der Waals surface area contributed by atoms with Gasteiger partial charge in [-0.2, -0.15) is 0 Å². The van der Waals surface area contributed by atoms with Crippen molar-refractivity contribution < 1.29 is 14.3 Å². The van der Waals surface area contributed by atoms with E-state index in [1.54, 1.807) is 18.3 Å². The van der Waals surface area contributed by atoms with E-state index in [9.17, 15) is 9.59 Å². The van der Waals surface area contributed by atoms with Crippen LogP contribution in [0.15, 0.2) is 52.8 Å². The molecule has 6 nitrogen and oxygen atoms in total. The number of thioether (sulfide) groups is 1. The molecule has 2 N–H and O–H groups in total. The van der Waals surface area contributed by atoms with Crippen LogP contribution in [0.1, 0.15) is 47.5 Å². The molecular formula is C22H31N3O3S. The maximum Gasteiger partial charge on any atom is 0.412 e. The number of carbonyl (C=O) groups is 2. The average Bonchev–Trinajstić information content (AvgIpc) is 2.64. The molecule has 0 aliphatic rings. The first-order chi connectivity index (χ1) is 13.7. The molecule has 0 saturated heterocycles. The normalized spacial score (nSPS) is 13.1. The number of anilines is 2. The molecule has 0 atom stereocenters. The first-order valence-electron chi connectivity index (χ1n) is 9.50. The van der Waals surface area contributed by atoms with Gasteiger partial charge in [0.25, 0.3) is 0 Å². The summed E-state index contributed by atoms with van der Waals surface area (Å²) in [4.78, 5) is 28.0. The van der Waals surface area contributed by atoms with E-state index >= 15 is 0 Å². The van der Waals surface area contributed by atoms with Gasteiger partial charge < -0.3 is 10.1 Å². The first kappa shape index (κ1) is 24.5. The summed E-state index contributed by atoms with van der Waals surface area (Å²) in [5.74, 6) is 0. The zero-order valence-electron chi connectivity index (χ0n) is 18.0. The fraction of sp³-hybridized carbons (Fsp3) is 0.409. The van der Waals surface area contributed by atoms with Gasteiger partial charge in [0, 0.05) is 23.3 Å². The molecule has 0 aliphatic carbocycles. The lowest BCUT2D eigenvalue weighted by Gasteiger charge is -2.20. The van der Waals surface area contributed by atoms with Gasteiger partial charge in [0.1, 0.15) is 5.60 Å². The smallest absolute Gasteiger partial charge is 0.412 e. The lowest BCUT2D eigenvalue weighted by Crippen LogP contribution is -2.27. The van der Waals surface area contributed by atoms with Crippen molar-refractivity contribution in [1.82, 2.24) is 0 Å². The summed E-state index contributed by atoms with van der Waals surface area (Å²) >= 11 is 1.52. The number of rotatable bonds is 8. The van der Waals surface area contributed by atoms with E-state index in [1.165, 1.54) is 11.8 Å². The van der Waals surface area contributed by atoms with Crippen LogP contribution < -0.4 is 10.6 Å². The van der Waals surface area contributed by atoms with Gasteiger partial charge in [-0.1, -0.05) is 25.5 Å². The number of carbonyl (C=O) groups excluding carboxylic acids is 2. The van der Waals surface area contributed by atoms with E-state index in [2.05, 4.69) is 22.5 Å². The Kier molecular flexibility index (Phi) is 10.2. The van der Waals surface area contributed by atoms with Gasteiger partial charge >= 0.3 is 6.09 Å². The summed E-state index contributed by atoms with van der Waals surface area (Å²) in [7, 11) is 0. The van der Waals surface area contributed by atoms with Crippen LogP contribution in [0.25, 0.3) is 0 Å². The second-order valence-electron chi connectivity index (χ2n) is 7.29. The van der Waals surface area contributed by atoms with Crippen LogP contribution in [-0.4, -0.2) is 29.3 Å². The number of hydrogen-bond acceptors (Lipinski definition) is 6. The lowest BCUT2D eigenvalue weighted by atomic mass is 10.1. The van der Waals surface area contributed by atoms with Crippen LogP contribution in [0.3, 0.4) is 0 Å². The largest absolute Gasteiger partial charge is 0.444 e. The quantitative estimate of drug-likeness (QED) is 0.178. The van der Waals surface area contributed by atoms with E-state index in [1.807, 2.05) is 52.2 Å². The Morgan fingerprint density at radius 2 is 1.90 bits per heavy atom. The van der Waals surface area contributed by atoms with Crippen LogP contribution in [0.5, 0.6) is 0 Å². The van der Waals surface area contributed by atoms with Gasteiger partial charge in [-0.05, 0) is 58.6 Å². The number of amides is 1. The van der Waals surface area contributed by atoms with Crippen LogP contribution in [0.2, 0.25) is 0 Å². The fourth-order valence-corrected chi connectivity index (χ4v) is 2.32. The molecule has 0 fully saturated rings. The Balaban J connectivity index is 3.06. The van der Waals surface area contributed by atoms with E-state index in [0.29, 0.717) is 17.0 Å². The molecule has 0 spiro atoms. The molecule has 0 bridgehead atoms. The van der Waals surface area contributed by atoms with Gasteiger partial charge in [0.2, 0.25) is 0 Å². The van der Waals surface area contributed by atoms with Crippen LogP contribution in [0, 0.1) is 0 Å². The minimum Gasteiger partial charge on any atom is -0.444 e. The number of unbranched alkanes of at least 4 members (excludes halogenated alkanes) is 1. The fourth-order valence-electron chi connectivity index (χ4n) is 2.16. The molecule has 29 heavy (non-hydrogen) atoms. The third-order valence-electron chi connectivity index (χ3n) is 3.54. The molecule has 0 radical (unpaired) electrons. The van der Waals surface area contributed by atoms with E-state index in [-0.39, 0.29) is 0 Å². The van der Waals surface area contributed by atoms with Crippen molar-refractivity contribution in [3.05, 3.63) is 47.8 Å². The standard InChI is InChI=1S/C22H31N3O3S/c1-7-8-12-20(17(15-26)14-23-16(2)29-6)24-18-10-9-11-19(13-18)25-21(27)28-22(3,4)5/h9-15,24H,7-8H2,1-6H3,(H,25,27)/b17-14-,20-12-,23-16?. The first-order valence-corrected chi connectivity index (χ1v) is 10.7. The molecule has 158 valence electrons. The SMILES string of the molecule is CCC/C=C(Nc1cccc(NC(=O)OC(C)(C)C)c1)/C(C=O)=C\N=C(C)SC. The second kappa shape index (κ2) is 12.1. The third-order valence-corrected chi connectivity index (χ3v) is 4.24. The van der Waals surface area contributed by atoms with Gasteiger partial charge in [-0.3, -0.25) is 15.1 Å². The Hall–Kier alpha value is -2.54. The van der Waals surface area contributed by atoms with Crippen molar-refractivity contribution in [2.45, 2.75) is 53.1 Å². The number of nitrogens with one attached hydrogen (secondary N) is 2. The topological polar surface area (TPSA) is 79.8 Å². The van der Waals surface area contributed by atoms with Crippen LogP contribution in [-0.2, 0) is 9.53 Å². The number of aldehydes is 1.